The van der Waals surface area contributed by atoms with Crippen LogP contribution in [0.2, 0.25) is 0 Å². The molecule has 1 fully saturated rings. The molecule has 0 bridgehead atoms. The van der Waals surface area contributed by atoms with Gasteiger partial charge in [0.2, 0.25) is 5.91 Å². The number of thioether (sulfide) groups is 1. The molecule has 0 spiro atoms. The van der Waals surface area contributed by atoms with Crippen LogP contribution in [0.1, 0.15) is 36.0 Å². The molecule has 0 saturated carbocycles. The highest BCUT2D eigenvalue weighted by atomic mass is 33.1. The van der Waals surface area contributed by atoms with E-state index in [-0.39, 0.29) is 17.6 Å². The molecular weight excluding hydrogens is 388 g/mol. The lowest BCUT2D eigenvalue weighted by Gasteiger charge is -2.08. The first-order valence-corrected chi connectivity index (χ1v) is 12.4. The molecule has 2 rings (SSSR count). The first kappa shape index (κ1) is 21.3. The van der Waals surface area contributed by atoms with Crippen molar-refractivity contribution in [1.82, 2.24) is 10.6 Å². The van der Waals surface area contributed by atoms with E-state index in [2.05, 4.69) is 10.6 Å². The summed E-state index contributed by atoms with van der Waals surface area (Å²) in [5, 5.41) is 16.1. The highest BCUT2D eigenvalue weighted by Crippen LogP contribution is 2.39. The van der Waals surface area contributed by atoms with Gasteiger partial charge < -0.3 is 15.7 Å². The van der Waals surface area contributed by atoms with Crippen molar-refractivity contribution in [3.05, 3.63) is 29.8 Å². The fraction of sp³-hybridized carbons (Fsp3) is 0.556. The third-order valence-electron chi connectivity index (χ3n) is 3.91. The Labute approximate surface area is 167 Å². The van der Waals surface area contributed by atoms with Gasteiger partial charge in [-0.3, -0.25) is 9.59 Å². The van der Waals surface area contributed by atoms with Crippen LogP contribution in [0.25, 0.3) is 0 Å². The van der Waals surface area contributed by atoms with Crippen LogP contribution in [0.15, 0.2) is 24.3 Å². The Morgan fingerprint density at radius 1 is 1.19 bits per heavy atom. The van der Waals surface area contributed by atoms with E-state index < -0.39 is 0 Å². The minimum atomic E-state index is -0.268. The summed E-state index contributed by atoms with van der Waals surface area (Å²) in [5.41, 5.74) is 0.291. The summed E-state index contributed by atoms with van der Waals surface area (Å²) in [7, 11) is 3.90. The minimum Gasteiger partial charge on any atom is -0.507 e. The molecule has 0 aliphatic carbocycles. The maximum Gasteiger partial charge on any atom is 0.255 e. The van der Waals surface area contributed by atoms with Crippen LogP contribution in [0.4, 0.5) is 0 Å². The average molecular weight is 415 g/mol. The van der Waals surface area contributed by atoms with Gasteiger partial charge in [0.25, 0.3) is 5.91 Å². The average Bonchev–Trinajstić information content (AvgIpc) is 3.14. The molecule has 144 valence electrons. The molecule has 1 heterocycles. The van der Waals surface area contributed by atoms with Crippen LogP contribution in [-0.2, 0) is 4.79 Å². The number of amides is 2. The van der Waals surface area contributed by atoms with Crippen molar-refractivity contribution in [3.63, 3.8) is 0 Å². The summed E-state index contributed by atoms with van der Waals surface area (Å²) in [6.45, 7) is 1.19. The lowest BCUT2D eigenvalue weighted by atomic mass is 10.1. The molecule has 1 unspecified atom stereocenters. The monoisotopic (exact) mass is 414 g/mol. The van der Waals surface area contributed by atoms with Gasteiger partial charge in [-0.15, -0.1) is 0 Å². The van der Waals surface area contributed by atoms with Crippen molar-refractivity contribution in [2.45, 2.75) is 30.9 Å². The Balaban J connectivity index is 1.43. The van der Waals surface area contributed by atoms with E-state index in [1.165, 1.54) is 18.2 Å². The second kappa shape index (κ2) is 12.4. The van der Waals surface area contributed by atoms with Crippen molar-refractivity contribution in [2.75, 3.05) is 30.3 Å². The fourth-order valence-electron chi connectivity index (χ4n) is 2.51. The van der Waals surface area contributed by atoms with E-state index in [0.29, 0.717) is 25.1 Å². The van der Waals surface area contributed by atoms with E-state index in [9.17, 15) is 14.7 Å². The number of carbonyl (C=O) groups is 2. The molecule has 26 heavy (non-hydrogen) atoms. The zero-order valence-electron chi connectivity index (χ0n) is 14.7. The lowest BCUT2D eigenvalue weighted by molar-refractivity contribution is -0.121. The van der Waals surface area contributed by atoms with Gasteiger partial charge in [0.05, 0.1) is 5.56 Å². The fourth-order valence-corrected chi connectivity index (χ4v) is 6.23. The van der Waals surface area contributed by atoms with Gasteiger partial charge in [-0.1, -0.05) is 33.7 Å². The van der Waals surface area contributed by atoms with Gasteiger partial charge in [0, 0.05) is 42.0 Å². The van der Waals surface area contributed by atoms with E-state index in [4.69, 9.17) is 0 Å². The molecule has 1 atom stereocenters. The molecule has 8 heteroatoms. The lowest BCUT2D eigenvalue weighted by Crippen LogP contribution is -2.27. The summed E-state index contributed by atoms with van der Waals surface area (Å²) in [4.78, 5) is 23.7. The van der Waals surface area contributed by atoms with Gasteiger partial charge in [0.15, 0.2) is 0 Å². The first-order chi connectivity index (χ1) is 12.7. The first-order valence-electron chi connectivity index (χ1n) is 8.85. The van der Waals surface area contributed by atoms with Gasteiger partial charge in [0.1, 0.15) is 5.75 Å². The zero-order chi connectivity index (χ0) is 18.6. The van der Waals surface area contributed by atoms with Crippen LogP contribution in [-0.4, -0.2) is 52.5 Å². The normalized spacial score (nSPS) is 16.4. The molecule has 1 saturated heterocycles. The van der Waals surface area contributed by atoms with Gasteiger partial charge in [-0.25, -0.2) is 0 Å². The van der Waals surface area contributed by atoms with E-state index >= 15 is 0 Å². The molecule has 5 nitrogen and oxygen atoms in total. The number of phenols is 1. The number of phenolic OH excluding ortho intramolecular Hbond substituents is 1. The van der Waals surface area contributed by atoms with Crippen LogP contribution >= 0.6 is 33.3 Å². The van der Waals surface area contributed by atoms with Crippen LogP contribution in [0, 0.1) is 0 Å². The van der Waals surface area contributed by atoms with Crippen LogP contribution in [0.3, 0.4) is 0 Å². The van der Waals surface area contributed by atoms with Crippen molar-refractivity contribution in [3.8, 4) is 5.75 Å². The highest BCUT2D eigenvalue weighted by Gasteiger charge is 2.16. The molecule has 3 N–H and O–H groups in total. The van der Waals surface area contributed by atoms with Gasteiger partial charge >= 0.3 is 0 Å². The number of para-hydroxylation sites is 1. The van der Waals surface area contributed by atoms with E-state index in [1.54, 1.807) is 30.0 Å². The largest absolute Gasteiger partial charge is 0.507 e. The molecule has 0 aromatic heterocycles. The Kier molecular flexibility index (Phi) is 10.2. The Morgan fingerprint density at radius 2 is 1.96 bits per heavy atom. The topological polar surface area (TPSA) is 78.4 Å². The number of hydrogen-bond donors (Lipinski definition) is 3. The standard InChI is InChI=1S/C18H26N2O3S3/c21-16-6-2-1-5-15(16)18(23)20-10-13-24-12-9-19-17(22)7-3-4-14-8-11-25-26-14/h1-2,5-6,14,21H,3-4,7-13H2,(H,19,22)(H,20,23). The number of nitrogens with one attached hydrogen (secondary N) is 2. The van der Waals surface area contributed by atoms with E-state index in [1.807, 2.05) is 21.6 Å². The number of carbonyl (C=O) groups excluding carboxylic acids is 2. The molecule has 1 aliphatic heterocycles. The zero-order valence-corrected chi connectivity index (χ0v) is 17.2. The molecule has 0 radical (unpaired) electrons. The smallest absolute Gasteiger partial charge is 0.255 e. The van der Waals surface area contributed by atoms with Crippen molar-refractivity contribution < 1.29 is 14.7 Å². The number of rotatable bonds is 11. The second-order valence-corrected chi connectivity index (χ2v) is 9.97. The van der Waals surface area contributed by atoms with Gasteiger partial charge in [-0.05, 0) is 31.4 Å². The Morgan fingerprint density at radius 3 is 2.69 bits per heavy atom. The third kappa shape index (κ3) is 8.14. The summed E-state index contributed by atoms with van der Waals surface area (Å²) in [5.74, 6) is 2.70. The van der Waals surface area contributed by atoms with Crippen LogP contribution < -0.4 is 10.6 Å². The van der Waals surface area contributed by atoms with Crippen molar-refractivity contribution >= 4 is 45.2 Å². The summed E-state index contributed by atoms with van der Waals surface area (Å²) < 4.78 is 0. The molecule has 1 aliphatic rings. The maximum atomic E-state index is 11.9. The van der Waals surface area contributed by atoms with Crippen molar-refractivity contribution in [2.24, 2.45) is 0 Å². The van der Waals surface area contributed by atoms with Crippen molar-refractivity contribution in [1.29, 1.82) is 0 Å². The number of benzene rings is 1. The molecule has 2 amide bonds. The predicted octanol–water partition coefficient (Wildman–Crippen LogP) is 3.30. The summed E-state index contributed by atoms with van der Waals surface area (Å²) in [6.07, 6.45) is 3.99. The molecule has 1 aromatic carbocycles. The van der Waals surface area contributed by atoms with Crippen LogP contribution in [0.5, 0.6) is 5.75 Å². The number of aromatic hydroxyl groups is 1. The number of hydrogen-bond acceptors (Lipinski definition) is 6. The summed E-state index contributed by atoms with van der Waals surface area (Å²) in [6, 6.07) is 6.50. The molecule has 1 aromatic rings. The molecular formula is C18H26N2O3S3. The Bertz CT molecular complexity index is 581. The van der Waals surface area contributed by atoms with Gasteiger partial charge in [-0.2, -0.15) is 11.8 Å². The quantitative estimate of drug-likeness (QED) is 0.381. The van der Waals surface area contributed by atoms with E-state index in [0.717, 1.165) is 29.6 Å². The SMILES string of the molecule is O=C(CCCC1CCSS1)NCCSCCNC(=O)c1ccccc1O. The minimum absolute atomic E-state index is 0.00866. The predicted molar refractivity (Wildman–Crippen MR) is 113 cm³/mol. The second-order valence-electron chi connectivity index (χ2n) is 5.96. The third-order valence-corrected chi connectivity index (χ3v) is 7.90. The highest BCUT2D eigenvalue weighted by molar-refractivity contribution is 8.77. The summed E-state index contributed by atoms with van der Waals surface area (Å²) >= 11 is 1.68. The maximum absolute atomic E-state index is 11.9. The Hall–Kier alpha value is -0.990.